The van der Waals surface area contributed by atoms with Crippen molar-refractivity contribution in [2.75, 3.05) is 0 Å². The largest absolute Gasteiger partial charge is 0.321 e. The summed E-state index contributed by atoms with van der Waals surface area (Å²) >= 11 is 5.91. The molecular formula is C20H14ClNO3. The molecule has 0 saturated carbocycles. The Balaban J connectivity index is 2.24. The van der Waals surface area contributed by atoms with E-state index in [4.69, 9.17) is 11.6 Å². The van der Waals surface area contributed by atoms with Gasteiger partial charge in [-0.15, -0.1) is 0 Å². The average molecular weight is 352 g/mol. The summed E-state index contributed by atoms with van der Waals surface area (Å²) in [6.07, 6.45) is 0.173. The van der Waals surface area contributed by atoms with Gasteiger partial charge in [-0.05, 0) is 29.3 Å². The van der Waals surface area contributed by atoms with Gasteiger partial charge in [-0.3, -0.25) is 9.59 Å². The number of aldehydes is 1. The number of H-pyrrole nitrogens is 1. The molecular weight excluding hydrogens is 338 g/mol. The number of hydrogen-bond donors (Lipinski definition) is 1. The monoisotopic (exact) mass is 351 g/mol. The Labute approximate surface area is 149 Å². The topological polar surface area (TPSA) is 67.0 Å². The fourth-order valence-corrected chi connectivity index (χ4v) is 2.77. The Kier molecular flexibility index (Phi) is 4.91. The van der Waals surface area contributed by atoms with Crippen molar-refractivity contribution in [2.45, 2.75) is 6.42 Å². The smallest absolute Gasteiger partial charge is 0.259 e. The molecule has 1 heterocycles. The van der Waals surface area contributed by atoms with E-state index in [0.717, 1.165) is 11.1 Å². The van der Waals surface area contributed by atoms with E-state index in [1.165, 1.54) is 0 Å². The molecule has 0 amide bonds. The number of aromatic nitrogens is 1. The number of pyridine rings is 1. The maximum atomic E-state index is 12.6. The fraction of sp³-hybridized carbons (Fsp3) is 0.0500. The normalized spacial score (nSPS) is 10.4. The molecule has 0 spiro atoms. The second-order valence-electron chi connectivity index (χ2n) is 5.47. The van der Waals surface area contributed by atoms with Crippen LogP contribution >= 0.6 is 11.6 Å². The van der Waals surface area contributed by atoms with Gasteiger partial charge in [0.15, 0.2) is 5.78 Å². The third-order valence-electron chi connectivity index (χ3n) is 3.82. The first-order chi connectivity index (χ1) is 12.1. The molecule has 0 aliphatic rings. The van der Waals surface area contributed by atoms with Crippen LogP contribution in [0.25, 0.3) is 22.4 Å². The standard InChI is InChI=1S/C20H14ClNO3/c21-15-8-6-14(7-9-15)17-12-16(13-4-2-1-3-5-13)19(20(25)22-17)18(24)10-11-23/h1-9,11-12H,10H2,(H,22,25). The molecule has 4 nitrogen and oxygen atoms in total. The highest BCUT2D eigenvalue weighted by Gasteiger charge is 2.18. The first-order valence-corrected chi connectivity index (χ1v) is 8.03. The van der Waals surface area contributed by atoms with Crippen LogP contribution in [0.1, 0.15) is 16.8 Å². The van der Waals surface area contributed by atoms with Crippen molar-refractivity contribution < 1.29 is 9.59 Å². The van der Waals surface area contributed by atoms with Crippen LogP contribution in [0.15, 0.2) is 65.5 Å². The quantitative estimate of drug-likeness (QED) is 0.427. The van der Waals surface area contributed by atoms with Crippen LogP contribution in [0.5, 0.6) is 0 Å². The highest BCUT2D eigenvalue weighted by atomic mass is 35.5. The molecule has 0 fully saturated rings. The minimum atomic E-state index is -0.516. The summed E-state index contributed by atoms with van der Waals surface area (Å²) in [4.78, 5) is 38.3. The summed E-state index contributed by atoms with van der Waals surface area (Å²) in [5.41, 5.74) is 2.06. The number of Topliss-reactive ketones (excluding diaryl/α,β-unsaturated/α-hetero) is 1. The molecule has 1 aromatic heterocycles. The zero-order chi connectivity index (χ0) is 17.8. The molecule has 5 heteroatoms. The summed E-state index contributed by atoms with van der Waals surface area (Å²) in [5, 5.41) is 0.590. The van der Waals surface area contributed by atoms with Gasteiger partial charge in [0.2, 0.25) is 0 Å². The average Bonchev–Trinajstić information content (AvgIpc) is 2.62. The van der Waals surface area contributed by atoms with Crippen LogP contribution in [0, 0.1) is 0 Å². The molecule has 124 valence electrons. The van der Waals surface area contributed by atoms with Crippen molar-refractivity contribution in [1.29, 1.82) is 0 Å². The van der Waals surface area contributed by atoms with Crippen LogP contribution in [0.4, 0.5) is 0 Å². The molecule has 0 aliphatic carbocycles. The Morgan fingerprint density at radius 1 is 1.00 bits per heavy atom. The number of halogens is 1. The van der Waals surface area contributed by atoms with Gasteiger partial charge in [0, 0.05) is 16.3 Å². The lowest BCUT2D eigenvalue weighted by Gasteiger charge is -2.11. The first kappa shape index (κ1) is 16.9. The number of carbonyl (C=O) groups is 2. The van der Waals surface area contributed by atoms with Crippen LogP contribution < -0.4 is 5.56 Å². The van der Waals surface area contributed by atoms with Crippen LogP contribution in [0.3, 0.4) is 0 Å². The predicted octanol–water partition coefficient (Wildman–Crippen LogP) is 4.13. The van der Waals surface area contributed by atoms with Gasteiger partial charge >= 0.3 is 0 Å². The lowest BCUT2D eigenvalue weighted by Crippen LogP contribution is -2.20. The third kappa shape index (κ3) is 3.59. The van der Waals surface area contributed by atoms with Gasteiger partial charge in [0.25, 0.3) is 5.56 Å². The third-order valence-corrected chi connectivity index (χ3v) is 4.07. The molecule has 0 unspecified atom stereocenters. The second-order valence-corrected chi connectivity index (χ2v) is 5.90. The van der Waals surface area contributed by atoms with Gasteiger partial charge in [0.1, 0.15) is 6.29 Å². The number of rotatable bonds is 5. The van der Waals surface area contributed by atoms with Crippen LogP contribution in [0.2, 0.25) is 5.02 Å². The summed E-state index contributed by atoms with van der Waals surface area (Å²) < 4.78 is 0. The van der Waals surface area contributed by atoms with E-state index >= 15 is 0 Å². The van der Waals surface area contributed by atoms with E-state index in [2.05, 4.69) is 4.98 Å². The minimum absolute atomic E-state index is 0.00369. The van der Waals surface area contributed by atoms with Crippen molar-refractivity contribution in [3.05, 3.63) is 81.6 Å². The number of aromatic amines is 1. The summed E-state index contributed by atoms with van der Waals surface area (Å²) in [6.45, 7) is 0. The second kappa shape index (κ2) is 7.28. The SMILES string of the molecule is O=CCC(=O)c1c(-c2ccccc2)cc(-c2ccc(Cl)cc2)[nH]c1=O. The molecule has 0 aliphatic heterocycles. The summed E-state index contributed by atoms with van der Waals surface area (Å²) in [5.74, 6) is -0.502. The van der Waals surface area contributed by atoms with Crippen LogP contribution in [-0.2, 0) is 4.79 Å². The van der Waals surface area contributed by atoms with Crippen molar-refractivity contribution in [3.63, 3.8) is 0 Å². The van der Waals surface area contributed by atoms with E-state index in [1.807, 2.05) is 30.3 Å². The van der Waals surface area contributed by atoms with Crippen molar-refractivity contribution in [2.24, 2.45) is 0 Å². The van der Waals surface area contributed by atoms with E-state index in [-0.39, 0.29) is 12.0 Å². The number of ketones is 1. The molecule has 25 heavy (non-hydrogen) atoms. The van der Waals surface area contributed by atoms with E-state index in [0.29, 0.717) is 22.6 Å². The zero-order valence-electron chi connectivity index (χ0n) is 13.2. The zero-order valence-corrected chi connectivity index (χ0v) is 13.9. The number of benzene rings is 2. The lowest BCUT2D eigenvalue weighted by atomic mass is 9.95. The van der Waals surface area contributed by atoms with Crippen LogP contribution in [-0.4, -0.2) is 17.1 Å². The number of carbonyl (C=O) groups excluding carboxylic acids is 2. The molecule has 3 aromatic rings. The molecule has 0 radical (unpaired) electrons. The van der Waals surface area contributed by atoms with E-state index in [1.54, 1.807) is 30.3 Å². The molecule has 2 aromatic carbocycles. The lowest BCUT2D eigenvalue weighted by molar-refractivity contribution is -0.107. The van der Waals surface area contributed by atoms with Crippen molar-refractivity contribution in [1.82, 2.24) is 4.98 Å². The molecule has 3 rings (SSSR count). The van der Waals surface area contributed by atoms with Crippen molar-refractivity contribution >= 4 is 23.7 Å². The maximum absolute atomic E-state index is 12.6. The van der Waals surface area contributed by atoms with Gasteiger partial charge in [-0.25, -0.2) is 0 Å². The summed E-state index contributed by atoms with van der Waals surface area (Å²) in [7, 11) is 0. The fourth-order valence-electron chi connectivity index (χ4n) is 2.64. The Morgan fingerprint density at radius 2 is 1.68 bits per heavy atom. The molecule has 0 saturated heterocycles. The summed E-state index contributed by atoms with van der Waals surface area (Å²) in [6, 6.07) is 17.9. The molecule has 0 atom stereocenters. The number of hydrogen-bond acceptors (Lipinski definition) is 3. The van der Waals surface area contributed by atoms with Gasteiger partial charge < -0.3 is 9.78 Å². The molecule has 1 N–H and O–H groups in total. The van der Waals surface area contributed by atoms with Crippen molar-refractivity contribution in [3.8, 4) is 22.4 Å². The molecule has 0 bridgehead atoms. The van der Waals surface area contributed by atoms with E-state index < -0.39 is 11.3 Å². The Bertz CT molecular complexity index is 976. The van der Waals surface area contributed by atoms with Gasteiger partial charge in [-0.1, -0.05) is 54.1 Å². The maximum Gasteiger partial charge on any atom is 0.259 e. The van der Waals surface area contributed by atoms with Gasteiger partial charge in [-0.2, -0.15) is 0 Å². The Hall–Kier alpha value is -2.98. The van der Waals surface area contributed by atoms with E-state index in [9.17, 15) is 14.4 Å². The predicted molar refractivity (Wildman–Crippen MR) is 98.0 cm³/mol. The van der Waals surface area contributed by atoms with Gasteiger partial charge in [0.05, 0.1) is 12.0 Å². The Morgan fingerprint density at radius 3 is 2.32 bits per heavy atom. The highest BCUT2D eigenvalue weighted by molar-refractivity contribution is 6.30. The first-order valence-electron chi connectivity index (χ1n) is 7.65. The highest BCUT2D eigenvalue weighted by Crippen LogP contribution is 2.27. The number of nitrogens with one attached hydrogen (secondary N) is 1. The minimum Gasteiger partial charge on any atom is -0.321 e.